The molecule has 0 saturated carbocycles. The summed E-state index contributed by atoms with van der Waals surface area (Å²) in [6.07, 6.45) is 0.960. The second kappa shape index (κ2) is 6.96. The standard InChI is InChI=1S/C21H27NO3/c1-14(16-7-9-19(23-4)20(11-16)24-5)22-13-15-6-8-18-17(10-15)12-21(2,3)25-18/h6-11,14,22H,12-13H2,1-5H3. The molecular formula is C21H27NO3. The van der Waals surface area contributed by atoms with Gasteiger partial charge in [0.1, 0.15) is 11.4 Å². The lowest BCUT2D eigenvalue weighted by atomic mass is 10.00. The summed E-state index contributed by atoms with van der Waals surface area (Å²) in [7, 11) is 3.31. The molecule has 25 heavy (non-hydrogen) atoms. The Kier molecular flexibility index (Phi) is 4.91. The van der Waals surface area contributed by atoms with Gasteiger partial charge in [0.2, 0.25) is 0 Å². The first-order valence-corrected chi connectivity index (χ1v) is 8.68. The Bertz CT molecular complexity index is 755. The summed E-state index contributed by atoms with van der Waals surface area (Å²) in [4.78, 5) is 0. The third-order valence-corrected chi connectivity index (χ3v) is 4.65. The van der Waals surface area contributed by atoms with Crippen LogP contribution in [-0.4, -0.2) is 19.8 Å². The average Bonchev–Trinajstić information content (AvgIpc) is 2.91. The summed E-state index contributed by atoms with van der Waals surface area (Å²) in [6.45, 7) is 7.22. The van der Waals surface area contributed by atoms with Crippen LogP contribution < -0.4 is 19.5 Å². The molecule has 1 aliphatic rings. The molecule has 0 bridgehead atoms. The van der Waals surface area contributed by atoms with E-state index >= 15 is 0 Å². The van der Waals surface area contributed by atoms with E-state index in [0.717, 1.165) is 30.2 Å². The van der Waals surface area contributed by atoms with Crippen LogP contribution in [-0.2, 0) is 13.0 Å². The SMILES string of the molecule is COc1ccc(C(C)NCc2ccc3c(c2)CC(C)(C)O3)cc1OC. The lowest BCUT2D eigenvalue weighted by Crippen LogP contribution is -2.24. The molecule has 0 amide bonds. The number of ether oxygens (including phenoxy) is 3. The van der Waals surface area contributed by atoms with Crippen LogP contribution in [0, 0.1) is 0 Å². The first kappa shape index (κ1) is 17.6. The van der Waals surface area contributed by atoms with Gasteiger partial charge in [0.25, 0.3) is 0 Å². The first-order valence-electron chi connectivity index (χ1n) is 8.68. The van der Waals surface area contributed by atoms with Crippen LogP contribution in [0.2, 0.25) is 0 Å². The fourth-order valence-corrected chi connectivity index (χ4v) is 3.28. The van der Waals surface area contributed by atoms with E-state index in [2.05, 4.69) is 50.4 Å². The zero-order valence-electron chi connectivity index (χ0n) is 15.7. The van der Waals surface area contributed by atoms with Crippen LogP contribution in [0.3, 0.4) is 0 Å². The average molecular weight is 341 g/mol. The fourth-order valence-electron chi connectivity index (χ4n) is 3.28. The molecule has 1 heterocycles. The number of hydrogen-bond acceptors (Lipinski definition) is 4. The van der Waals surface area contributed by atoms with E-state index in [4.69, 9.17) is 14.2 Å². The maximum Gasteiger partial charge on any atom is 0.161 e. The van der Waals surface area contributed by atoms with Gasteiger partial charge in [0.15, 0.2) is 11.5 Å². The first-order chi connectivity index (χ1) is 11.9. The minimum atomic E-state index is -0.0959. The fraction of sp³-hybridized carbons (Fsp3) is 0.429. The normalized spacial score (nSPS) is 16.0. The molecular weight excluding hydrogens is 314 g/mol. The number of methoxy groups -OCH3 is 2. The molecule has 0 aliphatic carbocycles. The molecule has 0 radical (unpaired) electrons. The predicted molar refractivity (Wildman–Crippen MR) is 99.7 cm³/mol. The summed E-state index contributed by atoms with van der Waals surface area (Å²) in [5, 5.41) is 3.58. The van der Waals surface area contributed by atoms with Gasteiger partial charge in [-0.15, -0.1) is 0 Å². The smallest absolute Gasteiger partial charge is 0.161 e. The highest BCUT2D eigenvalue weighted by atomic mass is 16.5. The Morgan fingerprint density at radius 2 is 1.84 bits per heavy atom. The molecule has 1 aliphatic heterocycles. The molecule has 1 unspecified atom stereocenters. The molecule has 3 rings (SSSR count). The molecule has 1 N–H and O–H groups in total. The number of fused-ring (bicyclic) bond motifs is 1. The zero-order chi connectivity index (χ0) is 18.0. The van der Waals surface area contributed by atoms with Crippen molar-refractivity contribution in [1.29, 1.82) is 0 Å². The van der Waals surface area contributed by atoms with Gasteiger partial charge in [-0.2, -0.15) is 0 Å². The minimum Gasteiger partial charge on any atom is -0.493 e. The van der Waals surface area contributed by atoms with E-state index < -0.39 is 0 Å². The highest BCUT2D eigenvalue weighted by molar-refractivity contribution is 5.44. The van der Waals surface area contributed by atoms with Gasteiger partial charge < -0.3 is 19.5 Å². The van der Waals surface area contributed by atoms with Gasteiger partial charge in [-0.25, -0.2) is 0 Å². The topological polar surface area (TPSA) is 39.7 Å². The number of nitrogens with one attached hydrogen (secondary N) is 1. The van der Waals surface area contributed by atoms with Crippen molar-refractivity contribution in [2.45, 2.75) is 45.4 Å². The largest absolute Gasteiger partial charge is 0.493 e. The quantitative estimate of drug-likeness (QED) is 0.852. The van der Waals surface area contributed by atoms with Crippen molar-refractivity contribution in [3.05, 3.63) is 53.1 Å². The highest BCUT2D eigenvalue weighted by Gasteiger charge is 2.29. The minimum absolute atomic E-state index is 0.0959. The van der Waals surface area contributed by atoms with E-state index in [1.54, 1.807) is 14.2 Å². The Morgan fingerprint density at radius 3 is 2.56 bits per heavy atom. The van der Waals surface area contributed by atoms with Crippen molar-refractivity contribution < 1.29 is 14.2 Å². The summed E-state index contributed by atoms with van der Waals surface area (Å²) in [5.74, 6) is 2.52. The van der Waals surface area contributed by atoms with Gasteiger partial charge in [-0.05, 0) is 55.7 Å². The van der Waals surface area contributed by atoms with Crippen molar-refractivity contribution in [2.75, 3.05) is 14.2 Å². The molecule has 4 heteroatoms. The van der Waals surface area contributed by atoms with Gasteiger partial charge in [-0.1, -0.05) is 18.2 Å². The summed E-state index contributed by atoms with van der Waals surface area (Å²) in [6, 6.07) is 12.7. The van der Waals surface area contributed by atoms with Crippen molar-refractivity contribution in [2.24, 2.45) is 0 Å². The van der Waals surface area contributed by atoms with E-state index in [-0.39, 0.29) is 11.6 Å². The van der Waals surface area contributed by atoms with Crippen molar-refractivity contribution in [3.8, 4) is 17.2 Å². The maximum absolute atomic E-state index is 5.95. The summed E-state index contributed by atoms with van der Waals surface area (Å²) in [5.41, 5.74) is 3.64. The molecule has 134 valence electrons. The monoisotopic (exact) mass is 341 g/mol. The summed E-state index contributed by atoms with van der Waals surface area (Å²) < 4.78 is 16.6. The van der Waals surface area contributed by atoms with Gasteiger partial charge in [0, 0.05) is 19.0 Å². The Hall–Kier alpha value is -2.20. The molecule has 0 fully saturated rings. The van der Waals surface area contributed by atoms with Crippen LogP contribution in [0.1, 0.15) is 43.5 Å². The van der Waals surface area contributed by atoms with Gasteiger partial charge >= 0.3 is 0 Å². The van der Waals surface area contributed by atoms with Gasteiger partial charge in [-0.3, -0.25) is 0 Å². The molecule has 2 aromatic rings. The maximum atomic E-state index is 5.95. The molecule has 0 spiro atoms. The zero-order valence-corrected chi connectivity index (χ0v) is 15.7. The Labute approximate surface area is 150 Å². The Morgan fingerprint density at radius 1 is 1.08 bits per heavy atom. The number of hydrogen-bond donors (Lipinski definition) is 1. The highest BCUT2D eigenvalue weighted by Crippen LogP contribution is 2.35. The van der Waals surface area contributed by atoms with Crippen LogP contribution in [0.25, 0.3) is 0 Å². The second-order valence-electron chi connectivity index (χ2n) is 7.20. The van der Waals surface area contributed by atoms with Crippen LogP contribution in [0.15, 0.2) is 36.4 Å². The van der Waals surface area contributed by atoms with Crippen molar-refractivity contribution >= 4 is 0 Å². The van der Waals surface area contributed by atoms with Gasteiger partial charge in [0.05, 0.1) is 14.2 Å². The molecule has 2 aromatic carbocycles. The molecule has 1 atom stereocenters. The number of benzene rings is 2. The molecule has 0 aromatic heterocycles. The Balaban J connectivity index is 1.66. The van der Waals surface area contributed by atoms with E-state index in [0.29, 0.717) is 0 Å². The lowest BCUT2D eigenvalue weighted by molar-refractivity contribution is 0.138. The molecule has 4 nitrogen and oxygen atoms in total. The van der Waals surface area contributed by atoms with Crippen LogP contribution >= 0.6 is 0 Å². The van der Waals surface area contributed by atoms with Crippen LogP contribution in [0.4, 0.5) is 0 Å². The van der Waals surface area contributed by atoms with Crippen LogP contribution in [0.5, 0.6) is 17.2 Å². The third kappa shape index (κ3) is 3.90. The molecule has 0 saturated heterocycles. The predicted octanol–water partition coefficient (Wildman–Crippen LogP) is 4.27. The van der Waals surface area contributed by atoms with E-state index in [1.807, 2.05) is 12.1 Å². The van der Waals surface area contributed by atoms with Crippen molar-refractivity contribution in [3.63, 3.8) is 0 Å². The van der Waals surface area contributed by atoms with Crippen molar-refractivity contribution in [1.82, 2.24) is 5.32 Å². The lowest BCUT2D eigenvalue weighted by Gasteiger charge is -2.17. The van der Waals surface area contributed by atoms with E-state index in [9.17, 15) is 0 Å². The number of rotatable bonds is 6. The summed E-state index contributed by atoms with van der Waals surface area (Å²) >= 11 is 0. The second-order valence-corrected chi connectivity index (χ2v) is 7.20. The third-order valence-electron chi connectivity index (χ3n) is 4.65. The van der Waals surface area contributed by atoms with E-state index in [1.165, 1.54) is 16.7 Å².